The van der Waals surface area contributed by atoms with Gasteiger partial charge in [-0.25, -0.2) is 4.98 Å². The molecule has 0 amide bonds. The Labute approximate surface area is 113 Å². The van der Waals surface area contributed by atoms with E-state index in [1.165, 1.54) is 5.56 Å². The number of fused-ring (bicyclic) bond motifs is 1. The van der Waals surface area contributed by atoms with Gasteiger partial charge in [0.1, 0.15) is 0 Å². The van der Waals surface area contributed by atoms with Crippen LogP contribution in [0.2, 0.25) is 0 Å². The van der Waals surface area contributed by atoms with Crippen LogP contribution in [0.5, 0.6) is 0 Å². The second-order valence-electron chi connectivity index (χ2n) is 5.30. The largest absolute Gasteiger partial charge is 0.345 e. The monoisotopic (exact) mass is 259 g/mol. The first kappa shape index (κ1) is 12.6. The average molecular weight is 259 g/mol. The van der Waals surface area contributed by atoms with Crippen LogP contribution in [0.4, 0.5) is 0 Å². The highest BCUT2D eigenvalue weighted by Gasteiger charge is 2.15. The normalized spacial score (nSPS) is 21.0. The quantitative estimate of drug-likeness (QED) is 0.751. The van der Waals surface area contributed by atoms with E-state index in [0.29, 0.717) is 6.04 Å². The van der Waals surface area contributed by atoms with Gasteiger partial charge in [-0.1, -0.05) is 6.07 Å². The van der Waals surface area contributed by atoms with Gasteiger partial charge in [-0.2, -0.15) is 0 Å². The molecule has 3 rings (SSSR count). The third kappa shape index (κ3) is 3.12. The zero-order valence-electron chi connectivity index (χ0n) is 11.3. The number of H-pyrrole nitrogens is 1. The molecule has 0 spiro atoms. The summed E-state index contributed by atoms with van der Waals surface area (Å²) in [7, 11) is 2.18. The molecular formula is C14H21N5. The van der Waals surface area contributed by atoms with Gasteiger partial charge in [0, 0.05) is 38.8 Å². The Hall–Kier alpha value is -1.43. The van der Waals surface area contributed by atoms with Crippen molar-refractivity contribution in [3.63, 3.8) is 0 Å². The van der Waals surface area contributed by atoms with Crippen molar-refractivity contribution in [2.24, 2.45) is 0 Å². The average Bonchev–Trinajstić information content (AvgIpc) is 2.86. The zero-order chi connectivity index (χ0) is 13.1. The molecule has 2 aromatic rings. The van der Waals surface area contributed by atoms with Gasteiger partial charge in [0.25, 0.3) is 0 Å². The molecule has 5 nitrogen and oxygen atoms in total. The molecule has 5 heteroatoms. The number of nitrogens with zero attached hydrogens (tertiary/aromatic N) is 2. The van der Waals surface area contributed by atoms with Crippen molar-refractivity contribution in [1.82, 2.24) is 25.5 Å². The molecule has 1 saturated heterocycles. The van der Waals surface area contributed by atoms with Crippen molar-refractivity contribution in [2.75, 3.05) is 33.2 Å². The zero-order valence-corrected chi connectivity index (χ0v) is 11.3. The molecular weight excluding hydrogens is 238 g/mol. The van der Waals surface area contributed by atoms with Crippen molar-refractivity contribution in [3.8, 4) is 0 Å². The summed E-state index contributed by atoms with van der Waals surface area (Å²) in [6.07, 6.45) is 1.74. The number of hydrogen-bond acceptors (Lipinski definition) is 4. The van der Waals surface area contributed by atoms with Crippen LogP contribution < -0.4 is 10.6 Å². The van der Waals surface area contributed by atoms with Gasteiger partial charge in [0.05, 0.1) is 17.4 Å². The van der Waals surface area contributed by atoms with Gasteiger partial charge < -0.3 is 20.5 Å². The summed E-state index contributed by atoms with van der Waals surface area (Å²) in [5.41, 5.74) is 3.43. The predicted molar refractivity (Wildman–Crippen MR) is 77.1 cm³/mol. The van der Waals surface area contributed by atoms with E-state index in [4.69, 9.17) is 0 Å². The lowest BCUT2D eigenvalue weighted by Crippen LogP contribution is -2.52. The number of piperazine rings is 1. The molecule has 3 N–H and O–H groups in total. The second-order valence-corrected chi connectivity index (χ2v) is 5.30. The summed E-state index contributed by atoms with van der Waals surface area (Å²) < 4.78 is 0. The standard InChI is InChI=1S/C14H21N5/c1-19-5-4-16-12(9-19)8-15-7-11-2-3-13-14(6-11)18-10-17-13/h2-3,6,10,12,15-16H,4-5,7-9H2,1H3,(H,17,18). The molecule has 0 saturated carbocycles. The van der Waals surface area contributed by atoms with Crippen LogP contribution >= 0.6 is 0 Å². The topological polar surface area (TPSA) is 56.0 Å². The number of imidazole rings is 1. The van der Waals surface area contributed by atoms with Crippen LogP contribution in [-0.4, -0.2) is 54.1 Å². The first-order valence-electron chi connectivity index (χ1n) is 6.86. The van der Waals surface area contributed by atoms with E-state index in [9.17, 15) is 0 Å². The predicted octanol–water partition coefficient (Wildman–Crippen LogP) is 0.556. The highest BCUT2D eigenvalue weighted by molar-refractivity contribution is 5.74. The van der Waals surface area contributed by atoms with Gasteiger partial charge in [-0.15, -0.1) is 0 Å². The summed E-state index contributed by atoms with van der Waals surface area (Å²) in [5, 5.41) is 7.07. The molecule has 19 heavy (non-hydrogen) atoms. The van der Waals surface area contributed by atoms with Gasteiger partial charge >= 0.3 is 0 Å². The van der Waals surface area contributed by atoms with Crippen LogP contribution in [0.3, 0.4) is 0 Å². The summed E-state index contributed by atoms with van der Waals surface area (Å²) >= 11 is 0. The molecule has 1 aliphatic rings. The van der Waals surface area contributed by atoms with Crippen LogP contribution in [0.15, 0.2) is 24.5 Å². The minimum atomic E-state index is 0.551. The third-order valence-corrected chi connectivity index (χ3v) is 3.66. The number of nitrogens with one attached hydrogen (secondary N) is 3. The second kappa shape index (κ2) is 5.69. The molecule has 1 aromatic carbocycles. The van der Waals surface area contributed by atoms with Crippen molar-refractivity contribution in [1.29, 1.82) is 0 Å². The highest BCUT2D eigenvalue weighted by Crippen LogP contribution is 2.11. The van der Waals surface area contributed by atoms with E-state index in [-0.39, 0.29) is 0 Å². The van der Waals surface area contributed by atoms with Crippen molar-refractivity contribution >= 4 is 11.0 Å². The van der Waals surface area contributed by atoms with Crippen LogP contribution in [-0.2, 0) is 6.54 Å². The van der Waals surface area contributed by atoms with E-state index >= 15 is 0 Å². The summed E-state index contributed by atoms with van der Waals surface area (Å²) in [6, 6.07) is 6.91. The lowest BCUT2D eigenvalue weighted by molar-refractivity contribution is 0.235. The van der Waals surface area contributed by atoms with Crippen molar-refractivity contribution in [2.45, 2.75) is 12.6 Å². The summed E-state index contributed by atoms with van der Waals surface area (Å²) in [6.45, 7) is 5.25. The Morgan fingerprint density at radius 2 is 2.42 bits per heavy atom. The molecule has 0 bridgehead atoms. The lowest BCUT2D eigenvalue weighted by atomic mass is 10.2. The number of likely N-dealkylation sites (N-methyl/N-ethyl adjacent to an activating group) is 1. The Morgan fingerprint density at radius 3 is 3.32 bits per heavy atom. The van der Waals surface area contributed by atoms with E-state index < -0.39 is 0 Å². The van der Waals surface area contributed by atoms with Crippen LogP contribution in [0.25, 0.3) is 11.0 Å². The van der Waals surface area contributed by atoms with E-state index in [0.717, 1.165) is 43.8 Å². The maximum atomic E-state index is 4.23. The molecule has 102 valence electrons. The number of hydrogen-bond donors (Lipinski definition) is 3. The number of rotatable bonds is 4. The summed E-state index contributed by atoms with van der Waals surface area (Å²) in [5.74, 6) is 0. The van der Waals surface area contributed by atoms with E-state index in [2.05, 4.69) is 50.7 Å². The molecule has 0 aliphatic carbocycles. The lowest BCUT2D eigenvalue weighted by Gasteiger charge is -2.31. The minimum Gasteiger partial charge on any atom is -0.345 e. The summed E-state index contributed by atoms with van der Waals surface area (Å²) in [4.78, 5) is 9.75. The molecule has 1 atom stereocenters. The fraction of sp³-hybridized carbons (Fsp3) is 0.500. The van der Waals surface area contributed by atoms with Crippen LogP contribution in [0.1, 0.15) is 5.56 Å². The Morgan fingerprint density at radius 1 is 1.47 bits per heavy atom. The van der Waals surface area contributed by atoms with Crippen molar-refractivity contribution < 1.29 is 0 Å². The number of benzene rings is 1. The Kier molecular flexibility index (Phi) is 3.77. The molecule has 1 aromatic heterocycles. The minimum absolute atomic E-state index is 0.551. The Bertz CT molecular complexity index is 535. The highest BCUT2D eigenvalue weighted by atomic mass is 15.2. The van der Waals surface area contributed by atoms with E-state index in [1.807, 2.05) is 0 Å². The number of aromatic amines is 1. The maximum Gasteiger partial charge on any atom is 0.0931 e. The smallest absolute Gasteiger partial charge is 0.0931 e. The van der Waals surface area contributed by atoms with Crippen molar-refractivity contribution in [3.05, 3.63) is 30.1 Å². The van der Waals surface area contributed by atoms with Crippen LogP contribution in [0, 0.1) is 0 Å². The van der Waals surface area contributed by atoms with Gasteiger partial charge in [0.15, 0.2) is 0 Å². The molecule has 0 radical (unpaired) electrons. The molecule has 1 unspecified atom stereocenters. The number of aromatic nitrogens is 2. The molecule has 1 fully saturated rings. The van der Waals surface area contributed by atoms with Gasteiger partial charge in [-0.05, 0) is 24.7 Å². The SMILES string of the molecule is CN1CCNC(CNCc2ccc3nc[nH]c3c2)C1. The fourth-order valence-corrected chi connectivity index (χ4v) is 2.61. The first-order valence-corrected chi connectivity index (χ1v) is 6.86. The van der Waals surface area contributed by atoms with Gasteiger partial charge in [0.2, 0.25) is 0 Å². The van der Waals surface area contributed by atoms with E-state index in [1.54, 1.807) is 6.33 Å². The Balaban J connectivity index is 1.51. The maximum absolute atomic E-state index is 4.23. The molecule has 2 heterocycles. The fourth-order valence-electron chi connectivity index (χ4n) is 2.61. The first-order chi connectivity index (χ1) is 9.31. The van der Waals surface area contributed by atoms with Gasteiger partial charge in [-0.3, -0.25) is 0 Å². The molecule has 1 aliphatic heterocycles. The third-order valence-electron chi connectivity index (χ3n) is 3.66.